The van der Waals surface area contributed by atoms with Crippen LogP contribution in [0.5, 0.6) is 0 Å². The average molecular weight is 308 g/mol. The van der Waals surface area contributed by atoms with Crippen LogP contribution in [-0.2, 0) is 14.3 Å². The Labute approximate surface area is 127 Å². The summed E-state index contributed by atoms with van der Waals surface area (Å²) in [5.74, 6) is -3.03. The molecule has 1 heterocycles. The molecule has 0 N–H and O–H groups in total. The predicted molar refractivity (Wildman–Crippen MR) is 77.7 cm³/mol. The monoisotopic (exact) mass is 308 g/mol. The van der Waals surface area contributed by atoms with Crippen molar-refractivity contribution in [2.24, 2.45) is 11.1 Å². The lowest BCUT2D eigenvalue weighted by Gasteiger charge is -2.22. The van der Waals surface area contributed by atoms with Crippen LogP contribution in [0.1, 0.15) is 20.8 Å². The number of benzene rings is 1. The summed E-state index contributed by atoms with van der Waals surface area (Å²) in [6.07, 6.45) is 0. The average Bonchev–Trinajstić information content (AvgIpc) is 2.74. The van der Waals surface area contributed by atoms with Gasteiger partial charge in [0, 0.05) is 6.54 Å². The standard InChI is InChI=1S/C15H17FN2O4/c1-15(2,3)22-14(20)9-8-18(13(19)12(9)17-21)11-7-5-4-6-10(11)16/h4-7,9,12H,8H2,1-3H3. The number of ether oxygens (including phenoxy) is 1. The first-order valence-corrected chi connectivity index (χ1v) is 6.86. The van der Waals surface area contributed by atoms with Crippen molar-refractivity contribution in [3.63, 3.8) is 0 Å². The Kier molecular flexibility index (Phi) is 4.25. The molecule has 7 heteroatoms. The maximum atomic E-state index is 13.8. The van der Waals surface area contributed by atoms with Gasteiger partial charge in [0.2, 0.25) is 0 Å². The van der Waals surface area contributed by atoms with E-state index in [1.165, 1.54) is 18.2 Å². The number of nitroso groups, excluding NO2 is 1. The van der Waals surface area contributed by atoms with E-state index in [0.717, 1.165) is 4.90 Å². The number of anilines is 1. The minimum absolute atomic E-state index is 0.0206. The van der Waals surface area contributed by atoms with Crippen molar-refractivity contribution in [3.05, 3.63) is 35.0 Å². The highest BCUT2D eigenvalue weighted by atomic mass is 19.1. The molecule has 1 fully saturated rings. The van der Waals surface area contributed by atoms with Crippen molar-refractivity contribution in [1.82, 2.24) is 0 Å². The summed E-state index contributed by atoms with van der Waals surface area (Å²) in [6.45, 7) is 4.91. The molecule has 0 aliphatic carbocycles. The number of carbonyl (C=O) groups is 2. The van der Waals surface area contributed by atoms with Crippen molar-refractivity contribution in [2.45, 2.75) is 32.4 Å². The highest BCUT2D eigenvalue weighted by Gasteiger charge is 2.48. The minimum Gasteiger partial charge on any atom is -0.460 e. The number of hydrogen-bond acceptors (Lipinski definition) is 5. The second kappa shape index (κ2) is 5.82. The van der Waals surface area contributed by atoms with Crippen LogP contribution in [0.4, 0.5) is 10.1 Å². The van der Waals surface area contributed by atoms with Gasteiger partial charge in [0.05, 0.1) is 5.69 Å². The molecule has 2 atom stereocenters. The van der Waals surface area contributed by atoms with Gasteiger partial charge >= 0.3 is 5.97 Å². The fourth-order valence-corrected chi connectivity index (χ4v) is 2.31. The van der Waals surface area contributed by atoms with Crippen molar-refractivity contribution in [3.8, 4) is 0 Å². The van der Waals surface area contributed by atoms with E-state index in [4.69, 9.17) is 4.74 Å². The summed E-state index contributed by atoms with van der Waals surface area (Å²) in [7, 11) is 0. The number of carbonyl (C=O) groups excluding carboxylic acids is 2. The predicted octanol–water partition coefficient (Wildman–Crippen LogP) is 2.27. The third kappa shape index (κ3) is 3.13. The molecule has 0 saturated carbocycles. The summed E-state index contributed by atoms with van der Waals surface area (Å²) in [4.78, 5) is 36.4. The van der Waals surface area contributed by atoms with Crippen LogP contribution in [0, 0.1) is 16.6 Å². The Hall–Kier alpha value is -2.31. The Morgan fingerprint density at radius 1 is 1.36 bits per heavy atom. The van der Waals surface area contributed by atoms with E-state index in [-0.39, 0.29) is 12.2 Å². The van der Waals surface area contributed by atoms with Gasteiger partial charge in [-0.05, 0) is 32.9 Å². The summed E-state index contributed by atoms with van der Waals surface area (Å²) in [5.41, 5.74) is -0.730. The zero-order valence-electron chi connectivity index (χ0n) is 12.6. The molecular weight excluding hydrogens is 291 g/mol. The van der Waals surface area contributed by atoms with Crippen LogP contribution in [0.3, 0.4) is 0 Å². The van der Waals surface area contributed by atoms with Gasteiger partial charge in [-0.2, -0.15) is 0 Å². The van der Waals surface area contributed by atoms with E-state index in [1.54, 1.807) is 26.8 Å². The lowest BCUT2D eigenvalue weighted by atomic mass is 10.0. The largest absolute Gasteiger partial charge is 0.460 e. The smallest absolute Gasteiger partial charge is 0.314 e. The van der Waals surface area contributed by atoms with E-state index in [9.17, 15) is 18.9 Å². The van der Waals surface area contributed by atoms with Gasteiger partial charge in [-0.1, -0.05) is 17.3 Å². The van der Waals surface area contributed by atoms with Crippen LogP contribution in [0.25, 0.3) is 0 Å². The van der Waals surface area contributed by atoms with Gasteiger partial charge < -0.3 is 9.64 Å². The molecule has 1 aliphatic heterocycles. The van der Waals surface area contributed by atoms with Gasteiger partial charge in [0.15, 0.2) is 6.04 Å². The minimum atomic E-state index is -1.39. The fourth-order valence-electron chi connectivity index (χ4n) is 2.31. The molecule has 0 bridgehead atoms. The summed E-state index contributed by atoms with van der Waals surface area (Å²) >= 11 is 0. The Bertz CT molecular complexity index is 612. The molecule has 6 nitrogen and oxygen atoms in total. The summed E-state index contributed by atoms with van der Waals surface area (Å²) in [6, 6.07) is 4.27. The first-order chi connectivity index (χ1) is 10.2. The quantitative estimate of drug-likeness (QED) is 0.634. The normalized spacial score (nSPS) is 21.8. The van der Waals surface area contributed by atoms with E-state index in [0.29, 0.717) is 0 Å². The third-order valence-electron chi connectivity index (χ3n) is 3.25. The van der Waals surface area contributed by atoms with Crippen LogP contribution < -0.4 is 4.90 Å². The molecule has 118 valence electrons. The molecule has 1 aromatic rings. The van der Waals surface area contributed by atoms with E-state index in [1.807, 2.05) is 0 Å². The molecular formula is C15H17FN2O4. The number of para-hydroxylation sites is 1. The SMILES string of the molecule is CC(C)(C)OC(=O)C1CN(c2ccccc2F)C(=O)C1N=O. The highest BCUT2D eigenvalue weighted by molar-refractivity contribution is 6.03. The Morgan fingerprint density at radius 3 is 2.55 bits per heavy atom. The maximum Gasteiger partial charge on any atom is 0.314 e. The second-order valence-electron chi connectivity index (χ2n) is 6.09. The highest BCUT2D eigenvalue weighted by Crippen LogP contribution is 2.30. The number of amides is 1. The van der Waals surface area contributed by atoms with Crippen molar-refractivity contribution in [2.75, 3.05) is 11.4 Å². The first kappa shape index (κ1) is 16.1. The Morgan fingerprint density at radius 2 is 2.00 bits per heavy atom. The summed E-state index contributed by atoms with van der Waals surface area (Å²) in [5, 5.41) is 2.74. The lowest BCUT2D eigenvalue weighted by molar-refractivity contribution is -0.160. The molecule has 0 radical (unpaired) electrons. The molecule has 1 aliphatic rings. The molecule has 1 aromatic carbocycles. The molecule has 1 saturated heterocycles. The van der Waals surface area contributed by atoms with Crippen molar-refractivity contribution in [1.29, 1.82) is 0 Å². The van der Waals surface area contributed by atoms with Crippen LogP contribution >= 0.6 is 0 Å². The maximum absolute atomic E-state index is 13.8. The molecule has 1 amide bonds. The van der Waals surface area contributed by atoms with E-state index < -0.39 is 35.3 Å². The third-order valence-corrected chi connectivity index (χ3v) is 3.25. The fraction of sp³-hybridized carbons (Fsp3) is 0.467. The lowest BCUT2D eigenvalue weighted by Crippen LogP contribution is -2.34. The van der Waals surface area contributed by atoms with Crippen molar-refractivity contribution < 1.29 is 18.7 Å². The zero-order chi connectivity index (χ0) is 16.5. The second-order valence-corrected chi connectivity index (χ2v) is 6.09. The molecule has 0 aromatic heterocycles. The molecule has 22 heavy (non-hydrogen) atoms. The van der Waals surface area contributed by atoms with Gasteiger partial charge in [0.1, 0.15) is 17.3 Å². The van der Waals surface area contributed by atoms with E-state index in [2.05, 4.69) is 5.18 Å². The Balaban J connectivity index is 2.28. The van der Waals surface area contributed by atoms with Gasteiger partial charge in [-0.25, -0.2) is 4.39 Å². The van der Waals surface area contributed by atoms with Crippen LogP contribution in [0.15, 0.2) is 29.4 Å². The molecule has 2 unspecified atom stereocenters. The molecule has 0 spiro atoms. The van der Waals surface area contributed by atoms with Gasteiger partial charge in [0.25, 0.3) is 5.91 Å². The summed E-state index contributed by atoms with van der Waals surface area (Å²) < 4.78 is 19.0. The topological polar surface area (TPSA) is 76.0 Å². The number of rotatable bonds is 3. The van der Waals surface area contributed by atoms with E-state index >= 15 is 0 Å². The molecule has 2 rings (SSSR count). The van der Waals surface area contributed by atoms with Gasteiger partial charge in [-0.15, -0.1) is 4.91 Å². The first-order valence-electron chi connectivity index (χ1n) is 6.86. The number of hydrogen-bond donors (Lipinski definition) is 0. The zero-order valence-corrected chi connectivity index (χ0v) is 12.6. The van der Waals surface area contributed by atoms with Crippen LogP contribution in [0.2, 0.25) is 0 Å². The van der Waals surface area contributed by atoms with Crippen LogP contribution in [-0.4, -0.2) is 30.1 Å². The number of nitrogens with zero attached hydrogens (tertiary/aromatic N) is 2. The number of halogens is 1. The van der Waals surface area contributed by atoms with Crippen molar-refractivity contribution >= 4 is 17.6 Å². The number of esters is 1. The van der Waals surface area contributed by atoms with Gasteiger partial charge in [-0.3, -0.25) is 9.59 Å².